The molecule has 1 saturated carbocycles. The molecule has 0 atom stereocenters. The van der Waals surface area contributed by atoms with Crippen molar-refractivity contribution in [2.45, 2.75) is 45.6 Å². The van der Waals surface area contributed by atoms with Crippen LogP contribution < -0.4 is 10.6 Å². The van der Waals surface area contributed by atoms with Gasteiger partial charge in [-0.25, -0.2) is 19.9 Å². The highest BCUT2D eigenvalue weighted by atomic mass is 19.1. The standard InChI is InChI=1S/C24H26FN7/c1-15-3-5-17(6-4-15)30-24-28-11-16(2)23(31-24)20-13-27-22-10-8-19(14-32(20)22)29-18-7-9-21(25)26-12-18/h7-15,17,29H,3-6H2,1-2H3,(H,28,30,31). The van der Waals surface area contributed by atoms with E-state index in [-0.39, 0.29) is 0 Å². The summed E-state index contributed by atoms with van der Waals surface area (Å²) in [6, 6.07) is 7.26. The van der Waals surface area contributed by atoms with Gasteiger partial charge in [0.15, 0.2) is 0 Å². The number of rotatable bonds is 5. The third kappa shape index (κ3) is 4.26. The van der Waals surface area contributed by atoms with Gasteiger partial charge in [-0.1, -0.05) is 6.92 Å². The first-order chi connectivity index (χ1) is 15.5. The minimum atomic E-state index is -0.505. The van der Waals surface area contributed by atoms with E-state index >= 15 is 0 Å². The van der Waals surface area contributed by atoms with E-state index in [2.05, 4.69) is 32.5 Å². The molecule has 5 rings (SSSR count). The molecule has 0 aliphatic heterocycles. The number of hydrogen-bond acceptors (Lipinski definition) is 6. The lowest BCUT2D eigenvalue weighted by molar-refractivity contribution is 0.360. The number of imidazole rings is 1. The Morgan fingerprint density at radius 3 is 2.53 bits per heavy atom. The molecule has 0 spiro atoms. The Morgan fingerprint density at radius 2 is 1.75 bits per heavy atom. The first-order valence-electron chi connectivity index (χ1n) is 11.0. The number of nitrogens with one attached hydrogen (secondary N) is 2. The van der Waals surface area contributed by atoms with E-state index in [4.69, 9.17) is 4.98 Å². The third-order valence-corrected chi connectivity index (χ3v) is 6.09. The first-order valence-corrected chi connectivity index (χ1v) is 11.0. The van der Waals surface area contributed by atoms with Crippen molar-refractivity contribution in [3.63, 3.8) is 0 Å². The third-order valence-electron chi connectivity index (χ3n) is 6.09. The van der Waals surface area contributed by atoms with Crippen molar-refractivity contribution in [1.82, 2.24) is 24.3 Å². The van der Waals surface area contributed by atoms with E-state index in [1.54, 1.807) is 6.07 Å². The molecule has 0 aromatic carbocycles. The minimum Gasteiger partial charge on any atom is -0.353 e. The SMILES string of the molecule is Cc1cnc(NC2CCC(C)CC2)nc1-c1cnc2ccc(Nc3ccc(F)nc3)cn12. The van der Waals surface area contributed by atoms with Gasteiger partial charge in [0.05, 0.1) is 35.2 Å². The Morgan fingerprint density at radius 1 is 0.938 bits per heavy atom. The average Bonchev–Trinajstić information content (AvgIpc) is 3.21. The van der Waals surface area contributed by atoms with Gasteiger partial charge in [-0.2, -0.15) is 4.39 Å². The molecule has 2 N–H and O–H groups in total. The van der Waals surface area contributed by atoms with Crippen LogP contribution in [0.5, 0.6) is 0 Å². The molecule has 0 radical (unpaired) electrons. The topological polar surface area (TPSA) is 80.0 Å². The Balaban J connectivity index is 1.44. The van der Waals surface area contributed by atoms with E-state index in [0.29, 0.717) is 17.7 Å². The summed E-state index contributed by atoms with van der Waals surface area (Å²) in [5.41, 5.74) is 5.08. The summed E-state index contributed by atoms with van der Waals surface area (Å²) in [6.07, 6.45) is 11.9. The van der Waals surface area contributed by atoms with Crippen molar-refractivity contribution < 1.29 is 4.39 Å². The number of halogens is 1. The van der Waals surface area contributed by atoms with Gasteiger partial charge >= 0.3 is 0 Å². The number of anilines is 3. The van der Waals surface area contributed by atoms with Crippen molar-refractivity contribution in [3.8, 4) is 11.4 Å². The Labute approximate surface area is 186 Å². The monoisotopic (exact) mass is 431 g/mol. The van der Waals surface area contributed by atoms with Crippen molar-refractivity contribution >= 4 is 23.0 Å². The fourth-order valence-electron chi connectivity index (χ4n) is 4.20. The lowest BCUT2D eigenvalue weighted by Gasteiger charge is -2.27. The first kappa shape index (κ1) is 20.4. The van der Waals surface area contributed by atoms with Crippen LogP contribution in [-0.2, 0) is 0 Å². The van der Waals surface area contributed by atoms with Crippen molar-refractivity contribution in [2.24, 2.45) is 5.92 Å². The molecule has 0 bridgehead atoms. The van der Waals surface area contributed by atoms with E-state index in [1.165, 1.54) is 25.1 Å². The van der Waals surface area contributed by atoms with Crippen molar-refractivity contribution in [3.05, 3.63) is 60.6 Å². The Kier molecular flexibility index (Phi) is 5.43. The predicted octanol–water partition coefficient (Wildman–Crippen LogP) is 5.37. The van der Waals surface area contributed by atoms with Crippen LogP contribution in [0.4, 0.5) is 21.7 Å². The van der Waals surface area contributed by atoms with Gasteiger partial charge < -0.3 is 10.6 Å². The summed E-state index contributed by atoms with van der Waals surface area (Å²) in [6.45, 7) is 4.32. The van der Waals surface area contributed by atoms with E-state index < -0.39 is 5.95 Å². The molecule has 1 aliphatic carbocycles. The molecule has 0 saturated heterocycles. The summed E-state index contributed by atoms with van der Waals surface area (Å²) in [5.74, 6) is 0.954. The van der Waals surface area contributed by atoms with Gasteiger partial charge in [-0.05, 0) is 68.4 Å². The van der Waals surface area contributed by atoms with Gasteiger partial charge in [0.2, 0.25) is 11.9 Å². The van der Waals surface area contributed by atoms with Gasteiger partial charge in [-0.3, -0.25) is 4.40 Å². The van der Waals surface area contributed by atoms with Crippen LogP contribution >= 0.6 is 0 Å². The van der Waals surface area contributed by atoms with Crippen LogP contribution in [0, 0.1) is 18.8 Å². The average molecular weight is 432 g/mol. The molecule has 4 aromatic heterocycles. The molecule has 4 heterocycles. The van der Waals surface area contributed by atoms with Gasteiger partial charge in [0.25, 0.3) is 0 Å². The van der Waals surface area contributed by atoms with Crippen LogP contribution in [-0.4, -0.2) is 30.4 Å². The van der Waals surface area contributed by atoms with Crippen molar-refractivity contribution in [2.75, 3.05) is 10.6 Å². The highest BCUT2D eigenvalue weighted by molar-refractivity contribution is 5.67. The predicted molar refractivity (Wildman–Crippen MR) is 123 cm³/mol. The second-order valence-electron chi connectivity index (χ2n) is 8.61. The van der Waals surface area contributed by atoms with Crippen LogP contribution in [0.1, 0.15) is 38.2 Å². The molecule has 8 heteroatoms. The van der Waals surface area contributed by atoms with Gasteiger partial charge in [0.1, 0.15) is 5.65 Å². The Hall–Kier alpha value is -3.55. The lowest BCUT2D eigenvalue weighted by Crippen LogP contribution is -2.26. The molecule has 164 valence electrons. The fourth-order valence-corrected chi connectivity index (χ4v) is 4.20. The highest BCUT2D eigenvalue weighted by Gasteiger charge is 2.19. The van der Waals surface area contributed by atoms with E-state index in [1.807, 2.05) is 42.0 Å². The summed E-state index contributed by atoms with van der Waals surface area (Å²) >= 11 is 0. The van der Waals surface area contributed by atoms with Crippen LogP contribution in [0.25, 0.3) is 17.0 Å². The largest absolute Gasteiger partial charge is 0.353 e. The van der Waals surface area contributed by atoms with Crippen LogP contribution in [0.3, 0.4) is 0 Å². The quantitative estimate of drug-likeness (QED) is 0.414. The zero-order chi connectivity index (χ0) is 22.1. The fraction of sp³-hybridized carbons (Fsp3) is 0.333. The number of fused-ring (bicyclic) bond motifs is 1. The second-order valence-corrected chi connectivity index (χ2v) is 8.61. The van der Waals surface area contributed by atoms with Gasteiger partial charge in [0, 0.05) is 18.4 Å². The molecule has 1 fully saturated rings. The molecular weight excluding hydrogens is 405 g/mol. The molecule has 4 aromatic rings. The summed E-state index contributed by atoms with van der Waals surface area (Å²) in [4.78, 5) is 17.6. The Bertz CT molecular complexity index is 1230. The molecular formula is C24H26FN7. The minimum absolute atomic E-state index is 0.420. The molecule has 0 unspecified atom stereocenters. The molecule has 32 heavy (non-hydrogen) atoms. The zero-order valence-electron chi connectivity index (χ0n) is 18.2. The van der Waals surface area contributed by atoms with Gasteiger partial charge in [-0.15, -0.1) is 0 Å². The maximum atomic E-state index is 13.1. The molecule has 1 aliphatic rings. The smallest absolute Gasteiger partial charge is 0.223 e. The molecule has 0 amide bonds. The number of hydrogen-bond donors (Lipinski definition) is 2. The van der Waals surface area contributed by atoms with Crippen LogP contribution in [0.2, 0.25) is 0 Å². The number of pyridine rings is 2. The number of aromatic nitrogens is 5. The van der Waals surface area contributed by atoms with E-state index in [9.17, 15) is 4.39 Å². The summed E-state index contributed by atoms with van der Waals surface area (Å²) in [5, 5.41) is 6.78. The zero-order valence-corrected chi connectivity index (χ0v) is 18.2. The maximum Gasteiger partial charge on any atom is 0.223 e. The molecule has 7 nitrogen and oxygen atoms in total. The van der Waals surface area contributed by atoms with E-state index in [0.717, 1.165) is 47.0 Å². The second kappa shape index (κ2) is 8.53. The summed E-state index contributed by atoms with van der Waals surface area (Å²) in [7, 11) is 0. The lowest BCUT2D eigenvalue weighted by atomic mass is 9.87. The summed E-state index contributed by atoms with van der Waals surface area (Å²) < 4.78 is 15.1. The number of aryl methyl sites for hydroxylation is 1. The van der Waals surface area contributed by atoms with Crippen molar-refractivity contribution in [1.29, 1.82) is 0 Å². The normalized spacial score (nSPS) is 18.6. The highest BCUT2D eigenvalue weighted by Crippen LogP contribution is 2.28. The van der Waals surface area contributed by atoms with Crippen LogP contribution in [0.15, 0.2) is 49.1 Å². The maximum absolute atomic E-state index is 13.1. The number of nitrogens with zero attached hydrogens (tertiary/aromatic N) is 5.